The number of halogens is 4. The predicted molar refractivity (Wildman–Crippen MR) is 112 cm³/mol. The second kappa shape index (κ2) is 11.2. The van der Waals surface area contributed by atoms with Gasteiger partial charge in [-0.2, -0.15) is 0 Å². The van der Waals surface area contributed by atoms with Crippen molar-refractivity contribution < 1.29 is 22.3 Å². The maximum atomic E-state index is 12.3. The van der Waals surface area contributed by atoms with E-state index >= 15 is 0 Å². The van der Waals surface area contributed by atoms with Crippen LogP contribution in [0.4, 0.5) is 17.6 Å². The maximum absolute atomic E-state index is 12.3. The molecule has 1 aromatic rings. The third-order valence-electron chi connectivity index (χ3n) is 6.99. The summed E-state index contributed by atoms with van der Waals surface area (Å²) in [6.45, 7) is -0.258. The molecule has 1 aromatic carbocycles. The maximum Gasteiger partial charge on any atom is 0.573 e. The van der Waals surface area contributed by atoms with Crippen molar-refractivity contribution in [3.63, 3.8) is 0 Å². The predicted octanol–water partition coefficient (Wildman–Crippen LogP) is 8.36. The van der Waals surface area contributed by atoms with Gasteiger partial charge in [-0.1, -0.05) is 37.1 Å². The van der Waals surface area contributed by atoms with Crippen molar-refractivity contribution in [1.82, 2.24) is 0 Å². The van der Waals surface area contributed by atoms with E-state index in [0.29, 0.717) is 18.3 Å². The highest BCUT2D eigenvalue weighted by atomic mass is 19.4. The number of allylic oxidation sites excluding steroid dienone is 2. The third kappa shape index (κ3) is 7.63. The van der Waals surface area contributed by atoms with Crippen molar-refractivity contribution in [1.29, 1.82) is 0 Å². The van der Waals surface area contributed by atoms with Gasteiger partial charge in [0.15, 0.2) is 0 Å². The normalized spacial score (nSPS) is 28.0. The van der Waals surface area contributed by atoms with Crippen molar-refractivity contribution in [2.45, 2.75) is 82.9 Å². The molecule has 2 aliphatic rings. The molecule has 1 nitrogen and oxygen atoms in total. The number of alkyl halides is 4. The first-order valence-electron chi connectivity index (χ1n) is 11.5. The van der Waals surface area contributed by atoms with E-state index in [1.54, 1.807) is 12.1 Å². The Kier molecular flexibility index (Phi) is 8.64. The van der Waals surface area contributed by atoms with Gasteiger partial charge in [0.2, 0.25) is 0 Å². The summed E-state index contributed by atoms with van der Waals surface area (Å²) in [5.41, 5.74) is 1.13. The van der Waals surface area contributed by atoms with Crippen LogP contribution >= 0.6 is 0 Å². The minimum absolute atomic E-state index is 0.146. The van der Waals surface area contributed by atoms with E-state index in [2.05, 4.69) is 10.8 Å². The van der Waals surface area contributed by atoms with Crippen molar-refractivity contribution in [2.75, 3.05) is 6.67 Å². The molecule has 3 rings (SSSR count). The number of rotatable bonds is 8. The van der Waals surface area contributed by atoms with Crippen LogP contribution in [0.25, 0.3) is 0 Å². The van der Waals surface area contributed by atoms with Crippen LogP contribution in [0.1, 0.15) is 82.1 Å². The Labute approximate surface area is 177 Å². The van der Waals surface area contributed by atoms with Gasteiger partial charge in [-0.3, -0.25) is 4.39 Å². The smallest absolute Gasteiger partial charge is 0.406 e. The molecule has 0 amide bonds. The zero-order valence-corrected chi connectivity index (χ0v) is 17.7. The van der Waals surface area contributed by atoms with Gasteiger partial charge in [0, 0.05) is 0 Å². The van der Waals surface area contributed by atoms with E-state index in [0.717, 1.165) is 30.2 Å². The molecular formula is C25H34F4O. The van der Waals surface area contributed by atoms with Crippen LogP contribution in [-0.4, -0.2) is 13.0 Å². The van der Waals surface area contributed by atoms with Crippen LogP contribution in [0.3, 0.4) is 0 Å². The van der Waals surface area contributed by atoms with Gasteiger partial charge in [-0.05, 0) is 99.2 Å². The molecule has 0 heterocycles. The Hall–Kier alpha value is -1.52. The first-order valence-corrected chi connectivity index (χ1v) is 11.5. The van der Waals surface area contributed by atoms with E-state index in [1.807, 2.05) is 6.08 Å². The molecule has 0 spiro atoms. The molecule has 2 aliphatic carbocycles. The van der Waals surface area contributed by atoms with E-state index in [1.165, 1.54) is 63.5 Å². The highest BCUT2D eigenvalue weighted by Gasteiger charge is 2.31. The van der Waals surface area contributed by atoms with Crippen molar-refractivity contribution >= 4 is 0 Å². The van der Waals surface area contributed by atoms with E-state index < -0.39 is 6.36 Å². The average Bonchev–Trinajstić information content (AvgIpc) is 2.73. The second-order valence-electron chi connectivity index (χ2n) is 9.10. The van der Waals surface area contributed by atoms with Gasteiger partial charge in [0.25, 0.3) is 0 Å². The Balaban J connectivity index is 1.34. The quantitative estimate of drug-likeness (QED) is 0.300. The number of ether oxygens (including phenoxy) is 1. The van der Waals surface area contributed by atoms with Crippen LogP contribution in [0.5, 0.6) is 5.75 Å². The molecule has 30 heavy (non-hydrogen) atoms. The summed E-state index contributed by atoms with van der Waals surface area (Å²) in [7, 11) is 0. The highest BCUT2D eigenvalue weighted by molar-refractivity contribution is 5.29. The zero-order chi connectivity index (χ0) is 21.4. The molecule has 0 bridgehead atoms. The minimum atomic E-state index is -4.63. The summed E-state index contributed by atoms with van der Waals surface area (Å²) >= 11 is 0. The molecule has 0 N–H and O–H groups in total. The summed E-state index contributed by atoms with van der Waals surface area (Å²) in [6.07, 6.45) is 12.5. The van der Waals surface area contributed by atoms with Crippen molar-refractivity contribution in [3.8, 4) is 5.75 Å². The molecule has 0 radical (unpaired) electrons. The first-order chi connectivity index (χ1) is 14.4. The lowest BCUT2D eigenvalue weighted by molar-refractivity contribution is -0.274. The van der Waals surface area contributed by atoms with Gasteiger partial charge in [0.1, 0.15) is 5.75 Å². The summed E-state index contributed by atoms with van der Waals surface area (Å²) in [5.74, 6) is 2.59. The fourth-order valence-electron chi connectivity index (χ4n) is 5.22. The van der Waals surface area contributed by atoms with Crippen molar-refractivity contribution in [3.05, 3.63) is 42.0 Å². The number of hydrogen-bond donors (Lipinski definition) is 0. The Morgan fingerprint density at radius 2 is 1.40 bits per heavy atom. The highest BCUT2D eigenvalue weighted by Crippen LogP contribution is 2.40. The SMILES string of the molecule is FCCC=C[C@H]1CC[C@H](CC[C@H]2CC[C@H](c3ccc(OC(F)(F)F)cc3)CC2)CC1. The van der Waals surface area contributed by atoms with Gasteiger partial charge < -0.3 is 4.74 Å². The minimum Gasteiger partial charge on any atom is -0.406 e. The molecule has 0 unspecified atom stereocenters. The van der Waals surface area contributed by atoms with E-state index in [4.69, 9.17) is 0 Å². The third-order valence-corrected chi connectivity index (χ3v) is 6.99. The molecular weight excluding hydrogens is 392 g/mol. The summed E-state index contributed by atoms with van der Waals surface area (Å²) < 4.78 is 53.0. The standard InChI is InChI=1S/C25H34F4O/c26-18-2-1-3-19-4-6-20(7-5-19)8-9-21-10-12-22(13-11-21)23-14-16-24(17-15-23)30-25(27,28)29/h1,3,14-17,19-22H,2,4-13,18H2/t19-,20-,21-,22-. The summed E-state index contributed by atoms with van der Waals surface area (Å²) in [6, 6.07) is 6.43. The second-order valence-corrected chi connectivity index (χ2v) is 9.10. The van der Waals surface area contributed by atoms with Gasteiger partial charge in [0.05, 0.1) is 6.67 Å². The molecule has 0 saturated heterocycles. The van der Waals surface area contributed by atoms with Gasteiger partial charge in [-0.15, -0.1) is 13.2 Å². The lowest BCUT2D eigenvalue weighted by atomic mass is 9.74. The molecule has 2 fully saturated rings. The fourth-order valence-corrected chi connectivity index (χ4v) is 5.22. The Morgan fingerprint density at radius 3 is 1.93 bits per heavy atom. The summed E-state index contributed by atoms with van der Waals surface area (Å²) in [5, 5.41) is 0. The molecule has 168 valence electrons. The zero-order valence-electron chi connectivity index (χ0n) is 17.7. The topological polar surface area (TPSA) is 9.23 Å². The van der Waals surface area contributed by atoms with Crippen LogP contribution in [0.2, 0.25) is 0 Å². The average molecular weight is 427 g/mol. The number of hydrogen-bond acceptors (Lipinski definition) is 1. The van der Waals surface area contributed by atoms with E-state index in [9.17, 15) is 17.6 Å². The largest absolute Gasteiger partial charge is 0.573 e. The fraction of sp³-hybridized carbons (Fsp3) is 0.680. The molecule has 0 atom stereocenters. The molecule has 5 heteroatoms. The Bertz CT molecular complexity index is 636. The molecule has 0 aliphatic heterocycles. The Morgan fingerprint density at radius 1 is 0.833 bits per heavy atom. The van der Waals surface area contributed by atoms with Crippen LogP contribution in [0.15, 0.2) is 36.4 Å². The lowest BCUT2D eigenvalue weighted by Crippen LogP contribution is -2.18. The lowest BCUT2D eigenvalue weighted by Gasteiger charge is -2.31. The monoisotopic (exact) mass is 426 g/mol. The van der Waals surface area contributed by atoms with Crippen molar-refractivity contribution in [2.24, 2.45) is 17.8 Å². The molecule has 2 saturated carbocycles. The first kappa shape index (κ1) is 23.1. The van der Waals surface area contributed by atoms with E-state index in [-0.39, 0.29) is 12.4 Å². The molecule has 0 aromatic heterocycles. The summed E-state index contributed by atoms with van der Waals surface area (Å²) in [4.78, 5) is 0. The van der Waals surface area contributed by atoms with Gasteiger partial charge in [-0.25, -0.2) is 0 Å². The van der Waals surface area contributed by atoms with Gasteiger partial charge >= 0.3 is 6.36 Å². The van der Waals surface area contributed by atoms with Crippen LogP contribution < -0.4 is 4.74 Å². The van der Waals surface area contributed by atoms with Crippen LogP contribution in [-0.2, 0) is 0 Å². The number of benzene rings is 1. The van der Waals surface area contributed by atoms with Crippen LogP contribution in [0, 0.1) is 17.8 Å².